The number of halogens is 3. The highest BCUT2D eigenvalue weighted by Gasteiger charge is 1.86. The second-order valence-electron chi connectivity index (χ2n) is 1.90. The molecule has 0 fully saturated rings. The molecule has 0 N–H and O–H groups in total. The molecule has 0 radical (unpaired) electrons. The fraction of sp³-hybridized carbons (Fsp3) is 0.400. The molecule has 0 amide bonds. The van der Waals surface area contributed by atoms with E-state index in [9.17, 15) is 13.2 Å². The van der Waals surface area contributed by atoms with Crippen LogP contribution in [0, 0.1) is 6.92 Å². The van der Waals surface area contributed by atoms with Gasteiger partial charge in [0.05, 0.1) is 0 Å². The molecular formula is C10H15F3. The average Bonchev–Trinajstić information content (AvgIpc) is 2.08. The smallest absolute Gasteiger partial charge is 0.174 e. The number of alkyl halides is 3. The molecular weight excluding hydrogens is 177 g/mol. The Balaban J connectivity index is 0. The van der Waals surface area contributed by atoms with Gasteiger partial charge < -0.3 is 0 Å². The fourth-order valence-corrected chi connectivity index (χ4v) is 0.534. The molecule has 76 valence electrons. The van der Waals surface area contributed by atoms with Gasteiger partial charge in [-0.05, 0) is 6.92 Å². The summed E-state index contributed by atoms with van der Waals surface area (Å²) in [7, 11) is 0. The van der Waals surface area contributed by atoms with Crippen LogP contribution in [0.3, 0.4) is 0 Å². The second-order valence-corrected chi connectivity index (χ2v) is 1.90. The maximum absolute atomic E-state index is 9.67. The van der Waals surface area contributed by atoms with E-state index < -0.39 is 6.68 Å². The molecule has 1 aromatic carbocycles. The number of hydrogen-bond acceptors (Lipinski definition) is 0. The minimum atomic E-state index is -3.67. The van der Waals surface area contributed by atoms with Gasteiger partial charge in [0, 0.05) is 0 Å². The highest BCUT2D eigenvalue weighted by atomic mass is 19.4. The predicted molar refractivity (Wildman–Crippen MR) is 49.6 cm³/mol. The van der Waals surface area contributed by atoms with Crippen LogP contribution in [0.4, 0.5) is 13.2 Å². The van der Waals surface area contributed by atoms with Crippen molar-refractivity contribution >= 4 is 0 Å². The van der Waals surface area contributed by atoms with Crippen molar-refractivity contribution in [1.29, 1.82) is 0 Å². The van der Waals surface area contributed by atoms with E-state index in [4.69, 9.17) is 0 Å². The Morgan fingerprint density at radius 2 is 1.23 bits per heavy atom. The summed E-state index contributed by atoms with van der Waals surface area (Å²) in [6.07, 6.45) is 0. The molecule has 0 aromatic heterocycles. The van der Waals surface area contributed by atoms with Gasteiger partial charge in [-0.3, -0.25) is 0 Å². The first-order valence-electron chi connectivity index (χ1n) is 4.07. The van der Waals surface area contributed by atoms with Crippen LogP contribution in [0.1, 0.15) is 19.4 Å². The van der Waals surface area contributed by atoms with E-state index in [1.165, 1.54) is 5.56 Å². The van der Waals surface area contributed by atoms with E-state index in [2.05, 4.69) is 19.1 Å². The Hall–Kier alpha value is -0.990. The molecule has 0 aliphatic heterocycles. The predicted octanol–water partition coefficient (Wildman–Crippen LogP) is 4.20. The van der Waals surface area contributed by atoms with Crippen molar-refractivity contribution < 1.29 is 13.2 Å². The Labute approximate surface area is 77.4 Å². The minimum absolute atomic E-state index is 1.32. The van der Waals surface area contributed by atoms with Gasteiger partial charge in [0.25, 0.3) is 0 Å². The largest absolute Gasteiger partial charge is 0.379 e. The van der Waals surface area contributed by atoms with Gasteiger partial charge in [-0.1, -0.05) is 49.7 Å². The first kappa shape index (κ1) is 14.5. The van der Waals surface area contributed by atoms with Crippen LogP contribution in [0.25, 0.3) is 0 Å². The van der Waals surface area contributed by atoms with E-state index in [0.29, 0.717) is 0 Å². The Bertz CT molecular complexity index is 170. The van der Waals surface area contributed by atoms with Crippen molar-refractivity contribution in [3.63, 3.8) is 0 Å². The number of aryl methyl sites for hydroxylation is 1. The molecule has 3 heteroatoms. The van der Waals surface area contributed by atoms with E-state index in [-0.39, 0.29) is 0 Å². The number of benzene rings is 1. The molecule has 0 unspecified atom stereocenters. The maximum Gasteiger partial charge on any atom is 0.379 e. The molecule has 1 aromatic rings. The minimum Gasteiger partial charge on any atom is -0.174 e. The molecule has 0 spiro atoms. The van der Waals surface area contributed by atoms with Gasteiger partial charge in [-0.2, -0.15) is 13.2 Å². The third kappa shape index (κ3) is 18.2. The zero-order valence-corrected chi connectivity index (χ0v) is 8.10. The fourth-order valence-electron chi connectivity index (χ4n) is 0.534. The van der Waals surface area contributed by atoms with Crippen LogP contribution in [-0.4, -0.2) is 6.68 Å². The molecule has 0 aliphatic carbocycles. The zero-order chi connectivity index (χ0) is 10.7. The lowest BCUT2D eigenvalue weighted by molar-refractivity contribution is 0.00819. The van der Waals surface area contributed by atoms with Gasteiger partial charge in [-0.25, -0.2) is 0 Å². The molecule has 0 saturated heterocycles. The van der Waals surface area contributed by atoms with E-state index in [0.717, 1.165) is 0 Å². The van der Waals surface area contributed by atoms with Crippen molar-refractivity contribution in [3.05, 3.63) is 35.9 Å². The lowest BCUT2D eigenvalue weighted by Crippen LogP contribution is -1.65. The van der Waals surface area contributed by atoms with Crippen LogP contribution >= 0.6 is 0 Å². The summed E-state index contributed by atoms with van der Waals surface area (Å²) in [5.74, 6) is 0. The first-order chi connectivity index (χ1) is 6.13. The third-order valence-corrected chi connectivity index (χ3v) is 0.940. The van der Waals surface area contributed by atoms with Crippen molar-refractivity contribution in [2.45, 2.75) is 27.5 Å². The summed E-state index contributed by atoms with van der Waals surface area (Å²) in [4.78, 5) is 0. The van der Waals surface area contributed by atoms with E-state index in [1.54, 1.807) is 0 Å². The monoisotopic (exact) mass is 192 g/mol. The highest BCUT2D eigenvalue weighted by Crippen LogP contribution is 1.92. The Morgan fingerprint density at radius 3 is 1.38 bits per heavy atom. The van der Waals surface area contributed by atoms with Crippen LogP contribution < -0.4 is 0 Å². The summed E-state index contributed by atoms with van der Waals surface area (Å²) < 4.78 is 29.0. The van der Waals surface area contributed by atoms with Crippen molar-refractivity contribution in [2.75, 3.05) is 0 Å². The summed E-state index contributed by atoms with van der Waals surface area (Å²) in [5, 5.41) is 0. The van der Waals surface area contributed by atoms with Crippen LogP contribution in [0.15, 0.2) is 30.3 Å². The van der Waals surface area contributed by atoms with E-state index in [1.807, 2.05) is 32.0 Å². The third-order valence-electron chi connectivity index (χ3n) is 0.940. The average molecular weight is 192 g/mol. The Kier molecular flexibility index (Phi) is 12.3. The molecule has 13 heavy (non-hydrogen) atoms. The van der Waals surface area contributed by atoms with Crippen molar-refractivity contribution in [3.8, 4) is 0 Å². The molecule has 0 bridgehead atoms. The van der Waals surface area contributed by atoms with Gasteiger partial charge >= 0.3 is 6.68 Å². The molecule has 0 heterocycles. The standard InChI is InChI=1S/C7H8.C2H6.CHF3/c1-7-5-3-2-4-6-7;1-2;2-1(3)4/h2-6H,1H3;1-2H3;1H. The maximum atomic E-state index is 9.67. The summed E-state index contributed by atoms with van der Waals surface area (Å²) >= 11 is 0. The Morgan fingerprint density at radius 1 is 0.923 bits per heavy atom. The first-order valence-corrected chi connectivity index (χ1v) is 4.07. The van der Waals surface area contributed by atoms with Crippen LogP contribution in [-0.2, 0) is 0 Å². The quantitative estimate of drug-likeness (QED) is 0.578. The van der Waals surface area contributed by atoms with Crippen LogP contribution in [0.5, 0.6) is 0 Å². The lowest BCUT2D eigenvalue weighted by Gasteiger charge is -1.82. The van der Waals surface area contributed by atoms with Gasteiger partial charge in [0.15, 0.2) is 0 Å². The normalized spacial score (nSPS) is 7.92. The van der Waals surface area contributed by atoms with Gasteiger partial charge in [0.2, 0.25) is 0 Å². The molecule has 0 nitrogen and oxygen atoms in total. The SMILES string of the molecule is CC.Cc1ccccc1.FC(F)F. The molecule has 1 rings (SSSR count). The number of rotatable bonds is 0. The lowest BCUT2D eigenvalue weighted by atomic mass is 10.2. The van der Waals surface area contributed by atoms with Gasteiger partial charge in [-0.15, -0.1) is 0 Å². The zero-order valence-electron chi connectivity index (χ0n) is 8.10. The summed E-state index contributed by atoms with van der Waals surface area (Å²) in [5.41, 5.74) is 1.32. The van der Waals surface area contributed by atoms with Crippen molar-refractivity contribution in [2.24, 2.45) is 0 Å². The summed E-state index contributed by atoms with van der Waals surface area (Å²) in [6.45, 7) is 2.42. The molecule has 0 atom stereocenters. The number of hydrogen-bond donors (Lipinski definition) is 0. The van der Waals surface area contributed by atoms with Crippen molar-refractivity contribution in [1.82, 2.24) is 0 Å². The van der Waals surface area contributed by atoms with E-state index >= 15 is 0 Å². The van der Waals surface area contributed by atoms with Crippen LogP contribution in [0.2, 0.25) is 0 Å². The summed E-state index contributed by atoms with van der Waals surface area (Å²) in [6, 6.07) is 10.3. The van der Waals surface area contributed by atoms with Gasteiger partial charge in [0.1, 0.15) is 0 Å². The molecule has 0 saturated carbocycles. The highest BCUT2D eigenvalue weighted by molar-refractivity contribution is 5.11. The second kappa shape index (κ2) is 11.0. The topological polar surface area (TPSA) is 0 Å². The molecule has 0 aliphatic rings.